The molecule has 6 nitrogen and oxygen atoms in total. The number of nitrogens with zero attached hydrogens (tertiary/aromatic N) is 3. The van der Waals surface area contributed by atoms with E-state index in [0.717, 1.165) is 43.9 Å². The van der Waals surface area contributed by atoms with E-state index in [0.29, 0.717) is 17.0 Å². The number of piperidine rings is 1. The van der Waals surface area contributed by atoms with E-state index in [2.05, 4.69) is 22.2 Å². The first kappa shape index (κ1) is 19.5. The van der Waals surface area contributed by atoms with Crippen molar-refractivity contribution in [3.8, 4) is 17.1 Å². The lowest BCUT2D eigenvalue weighted by molar-refractivity contribution is 0.0911. The molecule has 0 radical (unpaired) electrons. The van der Waals surface area contributed by atoms with Crippen molar-refractivity contribution in [1.82, 2.24) is 20.0 Å². The van der Waals surface area contributed by atoms with E-state index in [-0.39, 0.29) is 11.9 Å². The van der Waals surface area contributed by atoms with Crippen LogP contribution in [0.4, 0.5) is 0 Å². The Balaban J connectivity index is 1.57. The topological polar surface area (TPSA) is 63.3 Å². The minimum atomic E-state index is -0.0924. The van der Waals surface area contributed by atoms with Crippen molar-refractivity contribution in [2.45, 2.75) is 39.2 Å². The lowest BCUT2D eigenvalue weighted by Gasteiger charge is -2.32. The standard InChI is InChI=1S/C23H28N4O2/c1-3-13-26-14-11-18(12-15-26)24-23(28)20-16-27(19-7-5-4-6-8-19)25-22(20)21-10-9-17(2)29-21/h4-10,16,18H,3,11-15H2,1-2H3,(H,24,28). The number of para-hydroxylation sites is 1. The van der Waals surface area contributed by atoms with Crippen LogP contribution in [-0.4, -0.2) is 46.3 Å². The Bertz CT molecular complexity index is 952. The number of furan rings is 1. The number of aryl methyl sites for hydroxylation is 1. The highest BCUT2D eigenvalue weighted by atomic mass is 16.3. The highest BCUT2D eigenvalue weighted by molar-refractivity contribution is 5.99. The third-order valence-corrected chi connectivity index (χ3v) is 5.42. The summed E-state index contributed by atoms with van der Waals surface area (Å²) in [6.07, 6.45) is 4.92. The van der Waals surface area contributed by atoms with Crippen LogP contribution in [-0.2, 0) is 0 Å². The number of benzene rings is 1. The van der Waals surface area contributed by atoms with Gasteiger partial charge in [0.25, 0.3) is 5.91 Å². The van der Waals surface area contributed by atoms with Gasteiger partial charge in [0.1, 0.15) is 11.5 Å². The fourth-order valence-corrected chi connectivity index (χ4v) is 3.88. The average molecular weight is 393 g/mol. The van der Waals surface area contributed by atoms with Gasteiger partial charge < -0.3 is 14.6 Å². The number of nitrogens with one attached hydrogen (secondary N) is 1. The van der Waals surface area contributed by atoms with Crippen molar-refractivity contribution >= 4 is 5.91 Å². The Hall–Kier alpha value is -2.86. The van der Waals surface area contributed by atoms with Crippen molar-refractivity contribution in [2.24, 2.45) is 0 Å². The summed E-state index contributed by atoms with van der Waals surface area (Å²) in [4.78, 5) is 15.6. The van der Waals surface area contributed by atoms with E-state index < -0.39 is 0 Å². The van der Waals surface area contributed by atoms with Gasteiger partial charge in [0.15, 0.2) is 5.76 Å². The number of aromatic nitrogens is 2. The predicted molar refractivity (Wildman–Crippen MR) is 113 cm³/mol. The fraction of sp³-hybridized carbons (Fsp3) is 0.391. The summed E-state index contributed by atoms with van der Waals surface area (Å²) in [6, 6.07) is 13.8. The number of carbonyl (C=O) groups is 1. The van der Waals surface area contributed by atoms with Gasteiger partial charge in [-0.25, -0.2) is 4.68 Å². The molecule has 0 unspecified atom stereocenters. The summed E-state index contributed by atoms with van der Waals surface area (Å²) in [5.41, 5.74) is 2.02. The van der Waals surface area contributed by atoms with Gasteiger partial charge in [-0.2, -0.15) is 5.10 Å². The molecular weight excluding hydrogens is 364 g/mol. The normalized spacial score (nSPS) is 15.5. The molecule has 2 aromatic heterocycles. The Morgan fingerprint density at radius 1 is 1.17 bits per heavy atom. The van der Waals surface area contributed by atoms with Crippen molar-refractivity contribution in [2.75, 3.05) is 19.6 Å². The number of hydrogen-bond donors (Lipinski definition) is 1. The minimum Gasteiger partial charge on any atom is -0.460 e. The summed E-state index contributed by atoms with van der Waals surface area (Å²) in [7, 11) is 0. The van der Waals surface area contributed by atoms with Gasteiger partial charge in [0.05, 0.1) is 11.3 Å². The maximum absolute atomic E-state index is 13.1. The molecule has 1 aliphatic heterocycles. The third kappa shape index (κ3) is 4.43. The highest BCUT2D eigenvalue weighted by Crippen LogP contribution is 2.26. The fourth-order valence-electron chi connectivity index (χ4n) is 3.88. The molecule has 4 rings (SSSR count). The molecule has 0 aliphatic carbocycles. The van der Waals surface area contributed by atoms with Crippen molar-refractivity contribution in [3.63, 3.8) is 0 Å². The quantitative estimate of drug-likeness (QED) is 0.688. The van der Waals surface area contributed by atoms with Crippen LogP contribution in [0.5, 0.6) is 0 Å². The summed E-state index contributed by atoms with van der Waals surface area (Å²) in [5.74, 6) is 1.31. The molecule has 1 N–H and O–H groups in total. The second-order valence-corrected chi connectivity index (χ2v) is 7.67. The van der Waals surface area contributed by atoms with E-state index in [4.69, 9.17) is 4.42 Å². The van der Waals surface area contributed by atoms with Gasteiger partial charge in [-0.1, -0.05) is 25.1 Å². The first-order chi connectivity index (χ1) is 14.1. The third-order valence-electron chi connectivity index (χ3n) is 5.42. The predicted octanol–water partition coefficient (Wildman–Crippen LogP) is 4.04. The SMILES string of the molecule is CCCN1CCC(NC(=O)c2cn(-c3ccccc3)nc2-c2ccc(C)o2)CC1. The molecule has 1 saturated heterocycles. The summed E-state index contributed by atoms with van der Waals surface area (Å²) >= 11 is 0. The smallest absolute Gasteiger partial charge is 0.255 e. The second kappa shape index (κ2) is 8.66. The van der Waals surface area contributed by atoms with Crippen LogP contribution in [0.3, 0.4) is 0 Å². The number of likely N-dealkylation sites (tertiary alicyclic amines) is 1. The molecule has 3 aromatic rings. The summed E-state index contributed by atoms with van der Waals surface area (Å²) < 4.78 is 7.52. The maximum Gasteiger partial charge on any atom is 0.255 e. The average Bonchev–Trinajstić information content (AvgIpc) is 3.37. The maximum atomic E-state index is 13.1. The summed E-state index contributed by atoms with van der Waals surface area (Å²) in [5, 5.41) is 7.89. The Labute approximate surface area is 171 Å². The molecule has 1 amide bonds. The Morgan fingerprint density at radius 2 is 1.93 bits per heavy atom. The van der Waals surface area contributed by atoms with Gasteiger partial charge in [-0.15, -0.1) is 0 Å². The molecular formula is C23H28N4O2. The number of rotatable bonds is 6. The molecule has 1 aromatic carbocycles. The summed E-state index contributed by atoms with van der Waals surface area (Å²) in [6.45, 7) is 7.29. The van der Waals surface area contributed by atoms with E-state index >= 15 is 0 Å². The molecule has 0 spiro atoms. The van der Waals surface area contributed by atoms with E-state index in [1.165, 1.54) is 6.42 Å². The zero-order valence-electron chi connectivity index (χ0n) is 17.1. The first-order valence-corrected chi connectivity index (χ1v) is 10.4. The van der Waals surface area contributed by atoms with E-state index in [1.54, 1.807) is 10.9 Å². The van der Waals surface area contributed by atoms with Crippen molar-refractivity contribution < 1.29 is 9.21 Å². The van der Waals surface area contributed by atoms with Crippen LogP contribution in [0.15, 0.2) is 53.1 Å². The van der Waals surface area contributed by atoms with Crippen LogP contribution in [0, 0.1) is 6.92 Å². The molecule has 1 aliphatic rings. The Kier molecular flexibility index (Phi) is 5.81. The molecule has 1 fully saturated rings. The van der Waals surface area contributed by atoms with Crippen molar-refractivity contribution in [3.05, 3.63) is 60.0 Å². The van der Waals surface area contributed by atoms with Gasteiger partial charge in [-0.3, -0.25) is 4.79 Å². The lowest BCUT2D eigenvalue weighted by atomic mass is 10.0. The van der Waals surface area contributed by atoms with E-state index in [9.17, 15) is 4.79 Å². The lowest BCUT2D eigenvalue weighted by Crippen LogP contribution is -2.44. The number of carbonyl (C=O) groups excluding carboxylic acids is 1. The van der Waals surface area contributed by atoms with Gasteiger partial charge >= 0.3 is 0 Å². The zero-order chi connectivity index (χ0) is 20.2. The number of amides is 1. The van der Waals surface area contributed by atoms with Crippen LogP contribution in [0.25, 0.3) is 17.1 Å². The van der Waals surface area contributed by atoms with Crippen LogP contribution in [0.1, 0.15) is 42.3 Å². The Morgan fingerprint density at radius 3 is 2.59 bits per heavy atom. The molecule has 152 valence electrons. The monoisotopic (exact) mass is 392 g/mol. The van der Waals surface area contributed by atoms with Crippen molar-refractivity contribution in [1.29, 1.82) is 0 Å². The van der Waals surface area contributed by atoms with Gasteiger partial charge in [-0.05, 0) is 57.0 Å². The second-order valence-electron chi connectivity index (χ2n) is 7.67. The van der Waals surface area contributed by atoms with Crippen LogP contribution >= 0.6 is 0 Å². The van der Waals surface area contributed by atoms with Crippen LogP contribution < -0.4 is 5.32 Å². The first-order valence-electron chi connectivity index (χ1n) is 10.4. The highest BCUT2D eigenvalue weighted by Gasteiger charge is 2.25. The minimum absolute atomic E-state index is 0.0924. The molecule has 3 heterocycles. The van der Waals surface area contributed by atoms with Gasteiger partial charge in [0.2, 0.25) is 0 Å². The van der Waals surface area contributed by atoms with Gasteiger partial charge in [0, 0.05) is 25.3 Å². The molecule has 0 bridgehead atoms. The molecule has 29 heavy (non-hydrogen) atoms. The van der Waals surface area contributed by atoms with Crippen LogP contribution in [0.2, 0.25) is 0 Å². The molecule has 0 saturated carbocycles. The zero-order valence-corrected chi connectivity index (χ0v) is 17.1. The van der Waals surface area contributed by atoms with E-state index in [1.807, 2.05) is 49.4 Å². The number of hydrogen-bond acceptors (Lipinski definition) is 4. The molecule has 0 atom stereocenters. The largest absolute Gasteiger partial charge is 0.460 e. The molecule has 6 heteroatoms.